The van der Waals surface area contributed by atoms with E-state index < -0.39 is 12.0 Å². The van der Waals surface area contributed by atoms with Crippen molar-refractivity contribution in [1.82, 2.24) is 4.90 Å². The Morgan fingerprint density at radius 2 is 1.86 bits per heavy atom. The van der Waals surface area contributed by atoms with Crippen LogP contribution in [-0.4, -0.2) is 67.7 Å². The molecular formula is C22H38N2O4. The van der Waals surface area contributed by atoms with Crippen LogP contribution in [-0.2, 0) is 20.8 Å². The highest BCUT2D eigenvalue weighted by Gasteiger charge is 2.28. The zero-order chi connectivity index (χ0) is 21.0. The third-order valence-corrected chi connectivity index (χ3v) is 4.49. The van der Waals surface area contributed by atoms with Crippen LogP contribution in [0, 0.1) is 0 Å². The van der Waals surface area contributed by atoms with E-state index in [2.05, 4.69) is 11.7 Å². The molecule has 28 heavy (non-hydrogen) atoms. The van der Waals surface area contributed by atoms with Gasteiger partial charge in [0.15, 0.2) is 0 Å². The van der Waals surface area contributed by atoms with E-state index in [9.17, 15) is 5.11 Å². The lowest BCUT2D eigenvalue weighted by atomic mass is 10.1. The molecule has 0 aromatic heterocycles. The van der Waals surface area contributed by atoms with Gasteiger partial charge in [-0.05, 0) is 45.9 Å². The number of methoxy groups -OCH3 is 1. The summed E-state index contributed by atoms with van der Waals surface area (Å²) in [6, 6.07) is 10.1. The molecule has 0 aliphatic rings. The second-order valence-electron chi connectivity index (χ2n) is 7.88. The molecule has 6 nitrogen and oxygen atoms in total. The van der Waals surface area contributed by atoms with E-state index in [0.29, 0.717) is 26.3 Å². The van der Waals surface area contributed by atoms with E-state index in [-0.39, 0.29) is 12.1 Å². The average molecular weight is 395 g/mol. The van der Waals surface area contributed by atoms with Gasteiger partial charge in [-0.3, -0.25) is 9.89 Å². The minimum Gasteiger partial charge on any atom is -0.379 e. The molecule has 0 amide bonds. The summed E-state index contributed by atoms with van der Waals surface area (Å²) in [6.45, 7) is 13.7. The van der Waals surface area contributed by atoms with E-state index in [1.54, 1.807) is 7.11 Å². The molecule has 160 valence electrons. The molecule has 1 aromatic carbocycles. The number of likely N-dealkylation sites (N-methyl/N-ethyl adjacent to an activating group) is 1. The van der Waals surface area contributed by atoms with Gasteiger partial charge in [-0.2, -0.15) is 0 Å². The Balaban J connectivity index is 2.56. The first-order valence-electron chi connectivity index (χ1n) is 9.99. The number of nitrogens with zero attached hydrogens (tertiary/aromatic N) is 2. The molecule has 0 aliphatic heterocycles. The van der Waals surface area contributed by atoms with Crippen molar-refractivity contribution in [2.75, 3.05) is 26.8 Å². The lowest BCUT2D eigenvalue weighted by Crippen LogP contribution is -2.48. The maximum Gasteiger partial charge on any atom is 0.216 e. The number of ether oxygens (including phenoxy) is 3. The molecule has 1 aromatic rings. The Morgan fingerprint density at radius 1 is 1.18 bits per heavy atom. The maximum atomic E-state index is 10.5. The third-order valence-electron chi connectivity index (χ3n) is 4.49. The summed E-state index contributed by atoms with van der Waals surface area (Å²) in [5.74, 6) is 0. The van der Waals surface area contributed by atoms with Gasteiger partial charge < -0.3 is 19.3 Å². The van der Waals surface area contributed by atoms with Gasteiger partial charge in [-0.1, -0.05) is 37.3 Å². The van der Waals surface area contributed by atoms with E-state index in [1.807, 2.05) is 62.9 Å². The minimum atomic E-state index is -0.980. The molecule has 0 saturated carbocycles. The SMILES string of the molecule is C=NCC(CCC(COCc1ccccc1)OC)N(CC)C(O)OC(C)(C)C. The number of aliphatic imine (C=N–C) groups is 1. The molecule has 6 heteroatoms. The zero-order valence-electron chi connectivity index (χ0n) is 18.1. The molecule has 0 aliphatic carbocycles. The Morgan fingerprint density at radius 3 is 2.39 bits per heavy atom. The van der Waals surface area contributed by atoms with Crippen LogP contribution in [0.25, 0.3) is 0 Å². The van der Waals surface area contributed by atoms with Gasteiger partial charge >= 0.3 is 0 Å². The van der Waals surface area contributed by atoms with E-state index >= 15 is 0 Å². The van der Waals surface area contributed by atoms with Gasteiger partial charge in [0.1, 0.15) is 0 Å². The normalized spacial score (nSPS) is 15.4. The summed E-state index contributed by atoms with van der Waals surface area (Å²) >= 11 is 0. The van der Waals surface area contributed by atoms with Crippen LogP contribution in [0.4, 0.5) is 0 Å². The number of hydrogen-bond acceptors (Lipinski definition) is 6. The van der Waals surface area contributed by atoms with Crippen molar-refractivity contribution < 1.29 is 19.3 Å². The monoisotopic (exact) mass is 394 g/mol. The van der Waals surface area contributed by atoms with Gasteiger partial charge in [0.2, 0.25) is 6.41 Å². The molecular weight excluding hydrogens is 356 g/mol. The van der Waals surface area contributed by atoms with Gasteiger partial charge in [0.25, 0.3) is 0 Å². The van der Waals surface area contributed by atoms with E-state index in [1.165, 1.54) is 0 Å². The lowest BCUT2D eigenvalue weighted by molar-refractivity contribution is -0.247. The van der Waals surface area contributed by atoms with Crippen LogP contribution in [0.15, 0.2) is 35.3 Å². The summed E-state index contributed by atoms with van der Waals surface area (Å²) in [6.07, 6.45) is 0.594. The molecule has 0 heterocycles. The first kappa shape index (κ1) is 24.7. The average Bonchev–Trinajstić information content (AvgIpc) is 2.64. The Bertz CT molecular complexity index is 533. The maximum absolute atomic E-state index is 10.5. The highest BCUT2D eigenvalue weighted by Crippen LogP contribution is 2.18. The minimum absolute atomic E-state index is 0.0181. The van der Waals surface area contributed by atoms with Crippen molar-refractivity contribution >= 4 is 6.72 Å². The topological polar surface area (TPSA) is 63.5 Å². The number of rotatable bonds is 14. The van der Waals surface area contributed by atoms with Crippen LogP contribution in [0.5, 0.6) is 0 Å². The summed E-state index contributed by atoms with van der Waals surface area (Å²) < 4.78 is 17.1. The molecule has 0 saturated heterocycles. The van der Waals surface area contributed by atoms with Gasteiger partial charge in [-0.25, -0.2) is 0 Å². The number of benzene rings is 1. The van der Waals surface area contributed by atoms with Crippen molar-refractivity contribution in [1.29, 1.82) is 0 Å². The van der Waals surface area contributed by atoms with Crippen molar-refractivity contribution in [3.05, 3.63) is 35.9 Å². The summed E-state index contributed by atoms with van der Waals surface area (Å²) in [5, 5.41) is 10.5. The number of hydrogen-bond donors (Lipinski definition) is 1. The fourth-order valence-electron chi connectivity index (χ4n) is 3.02. The van der Waals surface area contributed by atoms with Gasteiger partial charge in [0.05, 0.1) is 31.5 Å². The Labute approximate surface area is 170 Å². The summed E-state index contributed by atoms with van der Waals surface area (Å²) in [7, 11) is 1.70. The zero-order valence-corrected chi connectivity index (χ0v) is 18.1. The quantitative estimate of drug-likeness (QED) is 0.387. The van der Waals surface area contributed by atoms with Crippen LogP contribution >= 0.6 is 0 Å². The van der Waals surface area contributed by atoms with Crippen LogP contribution in [0.1, 0.15) is 46.1 Å². The highest BCUT2D eigenvalue weighted by molar-refractivity contribution is 5.23. The van der Waals surface area contributed by atoms with E-state index in [4.69, 9.17) is 14.2 Å². The number of aliphatic hydroxyl groups is 1. The molecule has 0 fully saturated rings. The third kappa shape index (κ3) is 9.75. The smallest absolute Gasteiger partial charge is 0.216 e. The van der Waals surface area contributed by atoms with E-state index in [0.717, 1.165) is 18.4 Å². The molecule has 3 atom stereocenters. The standard InChI is InChI=1S/C22H38N2O4/c1-7-24(21(25)28-22(2,3)4)19(15-23-5)13-14-20(26-6)17-27-16-18-11-9-8-10-12-18/h8-12,19-21,25H,5,7,13-17H2,1-4,6H3. The molecule has 0 radical (unpaired) electrons. The van der Waals surface area contributed by atoms with Crippen molar-refractivity contribution in [2.45, 2.75) is 71.3 Å². The van der Waals surface area contributed by atoms with Crippen molar-refractivity contribution in [3.63, 3.8) is 0 Å². The number of aliphatic hydroxyl groups excluding tert-OH is 1. The first-order chi connectivity index (χ1) is 13.3. The molecule has 0 spiro atoms. The summed E-state index contributed by atoms with van der Waals surface area (Å²) in [5.41, 5.74) is 0.713. The predicted molar refractivity (Wildman–Crippen MR) is 114 cm³/mol. The molecule has 3 unspecified atom stereocenters. The van der Waals surface area contributed by atoms with Crippen LogP contribution < -0.4 is 0 Å². The Kier molecular flexibility index (Phi) is 11.5. The van der Waals surface area contributed by atoms with Gasteiger partial charge in [-0.15, -0.1) is 0 Å². The molecule has 1 rings (SSSR count). The highest BCUT2D eigenvalue weighted by atomic mass is 16.6. The first-order valence-corrected chi connectivity index (χ1v) is 9.99. The second-order valence-corrected chi connectivity index (χ2v) is 7.88. The lowest BCUT2D eigenvalue weighted by Gasteiger charge is -2.37. The second kappa shape index (κ2) is 13.0. The van der Waals surface area contributed by atoms with Crippen molar-refractivity contribution in [3.8, 4) is 0 Å². The summed E-state index contributed by atoms with van der Waals surface area (Å²) in [4.78, 5) is 5.97. The fourth-order valence-corrected chi connectivity index (χ4v) is 3.02. The molecule has 0 bridgehead atoms. The van der Waals surface area contributed by atoms with Gasteiger partial charge in [0, 0.05) is 19.7 Å². The van der Waals surface area contributed by atoms with Crippen molar-refractivity contribution in [2.24, 2.45) is 4.99 Å². The fraction of sp³-hybridized carbons (Fsp3) is 0.682. The predicted octanol–water partition coefficient (Wildman–Crippen LogP) is 3.48. The van der Waals surface area contributed by atoms with Crippen LogP contribution in [0.2, 0.25) is 0 Å². The molecule has 1 N–H and O–H groups in total. The largest absolute Gasteiger partial charge is 0.379 e. The Hall–Kier alpha value is -1.31. The van der Waals surface area contributed by atoms with Crippen LogP contribution in [0.3, 0.4) is 0 Å².